The van der Waals surface area contributed by atoms with Crippen LogP contribution in [0.15, 0.2) is 66.9 Å². The zero-order valence-corrected chi connectivity index (χ0v) is 23.3. The molecule has 0 radical (unpaired) electrons. The molecule has 2 aromatic heterocycles. The lowest BCUT2D eigenvalue weighted by molar-refractivity contribution is -0.120. The van der Waals surface area contributed by atoms with Crippen molar-refractivity contribution in [2.24, 2.45) is 0 Å². The number of hydrogen-bond acceptors (Lipinski definition) is 5. The van der Waals surface area contributed by atoms with Crippen LogP contribution in [0, 0.1) is 6.92 Å². The van der Waals surface area contributed by atoms with Crippen LogP contribution in [0.3, 0.4) is 0 Å². The van der Waals surface area contributed by atoms with E-state index < -0.39 is 0 Å². The number of aromatic nitrogens is 2. The minimum atomic E-state index is -0.166. The van der Waals surface area contributed by atoms with E-state index in [0.717, 1.165) is 66.6 Å². The molecule has 4 rings (SSSR count). The fraction of sp³-hybridized carbons (Fsp3) is 0.323. The van der Waals surface area contributed by atoms with Crippen molar-refractivity contribution in [3.63, 3.8) is 0 Å². The number of amides is 1. The molecule has 0 spiro atoms. The van der Waals surface area contributed by atoms with Crippen molar-refractivity contribution >= 4 is 34.3 Å². The molecule has 0 unspecified atom stereocenters. The van der Waals surface area contributed by atoms with Gasteiger partial charge < -0.3 is 15.4 Å². The number of pyridine rings is 1. The fourth-order valence-electron chi connectivity index (χ4n) is 4.69. The number of halogens is 1. The number of methoxy groups -OCH3 is 1. The predicted octanol–water partition coefficient (Wildman–Crippen LogP) is 5.70. The number of carbonyl (C=O) groups is 2. The van der Waals surface area contributed by atoms with Gasteiger partial charge in [-0.1, -0.05) is 30.5 Å². The average Bonchev–Trinajstić information content (AvgIpc) is 3.22. The number of ether oxygens (including phenoxy) is 1. The standard InChI is InChI=1S/C31H35ClN4O3/c1-22-27(20-30(37)35-18-7-4-3-6-16-33-21-25-9-5-8-17-34-25)28-19-26(39-2)14-15-29(28)36(22)31(38)23-10-12-24(32)13-11-23/h5,8-15,17,19,33H,3-4,6-7,16,18,20-21H2,1-2H3,(H,35,37). The molecule has 4 aromatic rings. The lowest BCUT2D eigenvalue weighted by Crippen LogP contribution is -2.26. The molecule has 0 aliphatic rings. The number of carbonyl (C=O) groups excluding carboxylic acids is 2. The summed E-state index contributed by atoms with van der Waals surface area (Å²) in [6.45, 7) is 4.24. The van der Waals surface area contributed by atoms with Crippen LogP contribution in [0.25, 0.3) is 10.9 Å². The third-order valence-corrected chi connectivity index (χ3v) is 7.06. The molecule has 204 valence electrons. The summed E-state index contributed by atoms with van der Waals surface area (Å²) in [4.78, 5) is 30.6. The number of unbranched alkanes of at least 4 members (excludes halogenated alkanes) is 3. The van der Waals surface area contributed by atoms with Crippen LogP contribution in [0.5, 0.6) is 5.75 Å². The van der Waals surface area contributed by atoms with E-state index in [4.69, 9.17) is 16.3 Å². The molecule has 0 aliphatic carbocycles. The predicted molar refractivity (Wildman–Crippen MR) is 156 cm³/mol. The van der Waals surface area contributed by atoms with Gasteiger partial charge in [0.1, 0.15) is 5.75 Å². The van der Waals surface area contributed by atoms with Gasteiger partial charge in [-0.15, -0.1) is 0 Å². The quantitative estimate of drug-likeness (QED) is 0.210. The molecule has 7 nitrogen and oxygen atoms in total. The minimum absolute atomic E-state index is 0.0593. The molecule has 0 fully saturated rings. The highest BCUT2D eigenvalue weighted by Gasteiger charge is 2.22. The first kappa shape index (κ1) is 28.3. The maximum atomic E-state index is 13.4. The van der Waals surface area contributed by atoms with Gasteiger partial charge >= 0.3 is 0 Å². The third-order valence-electron chi connectivity index (χ3n) is 6.81. The van der Waals surface area contributed by atoms with Crippen molar-refractivity contribution in [2.75, 3.05) is 20.2 Å². The number of benzene rings is 2. The Hall–Kier alpha value is -3.68. The van der Waals surface area contributed by atoms with Gasteiger partial charge in [0.05, 0.1) is 24.7 Å². The van der Waals surface area contributed by atoms with Crippen LogP contribution >= 0.6 is 11.6 Å². The highest BCUT2D eigenvalue weighted by molar-refractivity contribution is 6.30. The zero-order valence-electron chi connectivity index (χ0n) is 22.5. The molecule has 2 heterocycles. The molecule has 8 heteroatoms. The minimum Gasteiger partial charge on any atom is -0.497 e. The smallest absolute Gasteiger partial charge is 0.262 e. The van der Waals surface area contributed by atoms with E-state index in [1.54, 1.807) is 35.9 Å². The van der Waals surface area contributed by atoms with Crippen molar-refractivity contribution in [1.82, 2.24) is 20.2 Å². The molecule has 0 aliphatic heterocycles. The number of nitrogens with zero attached hydrogens (tertiary/aromatic N) is 2. The number of hydrogen-bond donors (Lipinski definition) is 2. The number of fused-ring (bicyclic) bond motifs is 1. The van der Waals surface area contributed by atoms with Crippen molar-refractivity contribution < 1.29 is 14.3 Å². The van der Waals surface area contributed by atoms with E-state index in [1.807, 2.05) is 49.5 Å². The first-order chi connectivity index (χ1) is 19.0. The second-order valence-corrected chi connectivity index (χ2v) is 9.97. The van der Waals surface area contributed by atoms with Crippen LogP contribution in [0.1, 0.15) is 53.0 Å². The SMILES string of the molecule is COc1ccc2c(c1)c(CC(=O)NCCCCCCNCc1ccccn1)c(C)n2C(=O)c1ccc(Cl)cc1. The topological polar surface area (TPSA) is 85.2 Å². The molecular weight excluding hydrogens is 512 g/mol. The Morgan fingerprint density at radius 2 is 1.74 bits per heavy atom. The van der Waals surface area contributed by atoms with E-state index >= 15 is 0 Å². The van der Waals surface area contributed by atoms with E-state index in [-0.39, 0.29) is 18.2 Å². The summed E-state index contributed by atoms with van der Waals surface area (Å²) in [6, 6.07) is 18.3. The Labute approximate surface area is 234 Å². The summed E-state index contributed by atoms with van der Waals surface area (Å²) in [5.74, 6) is 0.450. The van der Waals surface area contributed by atoms with Gasteiger partial charge in [-0.05, 0) is 86.5 Å². The second kappa shape index (κ2) is 13.9. The molecule has 0 atom stereocenters. The van der Waals surface area contributed by atoms with E-state index in [1.165, 1.54) is 0 Å². The van der Waals surface area contributed by atoms with Crippen LogP contribution < -0.4 is 15.4 Å². The van der Waals surface area contributed by atoms with Crippen LogP contribution in [-0.4, -0.2) is 41.6 Å². The van der Waals surface area contributed by atoms with E-state index in [9.17, 15) is 9.59 Å². The Bertz CT molecular complexity index is 1400. The summed E-state index contributed by atoms with van der Waals surface area (Å²) in [5, 5.41) is 7.87. The molecule has 0 bridgehead atoms. The maximum absolute atomic E-state index is 13.4. The lowest BCUT2D eigenvalue weighted by atomic mass is 10.1. The van der Waals surface area contributed by atoms with Gasteiger partial charge in [-0.2, -0.15) is 0 Å². The van der Waals surface area contributed by atoms with Gasteiger partial charge in [0.25, 0.3) is 5.91 Å². The fourth-order valence-corrected chi connectivity index (χ4v) is 4.82. The highest BCUT2D eigenvalue weighted by Crippen LogP contribution is 2.31. The monoisotopic (exact) mass is 546 g/mol. The Morgan fingerprint density at radius 1 is 0.974 bits per heavy atom. The van der Waals surface area contributed by atoms with Gasteiger partial charge in [-0.3, -0.25) is 19.1 Å². The van der Waals surface area contributed by atoms with Gasteiger partial charge in [0, 0.05) is 41.0 Å². The van der Waals surface area contributed by atoms with Crippen LogP contribution in [0.2, 0.25) is 5.02 Å². The summed E-state index contributed by atoms with van der Waals surface area (Å²) in [7, 11) is 1.60. The highest BCUT2D eigenvalue weighted by atomic mass is 35.5. The molecule has 0 saturated carbocycles. The first-order valence-corrected chi connectivity index (χ1v) is 13.7. The number of nitrogens with one attached hydrogen (secondary N) is 2. The van der Waals surface area contributed by atoms with Crippen LogP contribution in [-0.2, 0) is 17.8 Å². The Morgan fingerprint density at radius 3 is 2.46 bits per heavy atom. The van der Waals surface area contributed by atoms with Crippen molar-refractivity contribution in [2.45, 2.75) is 45.6 Å². The Kier molecular flexibility index (Phi) is 10.1. The van der Waals surface area contributed by atoms with Crippen molar-refractivity contribution in [1.29, 1.82) is 0 Å². The van der Waals surface area contributed by atoms with Crippen LogP contribution in [0.4, 0.5) is 0 Å². The molecule has 0 saturated heterocycles. The molecule has 1 amide bonds. The summed E-state index contributed by atoms with van der Waals surface area (Å²) in [5.41, 5.74) is 3.88. The van der Waals surface area contributed by atoms with Gasteiger partial charge in [0.2, 0.25) is 5.91 Å². The zero-order chi connectivity index (χ0) is 27.6. The normalized spacial score (nSPS) is 11.1. The molecule has 2 N–H and O–H groups in total. The van der Waals surface area contributed by atoms with E-state index in [2.05, 4.69) is 15.6 Å². The second-order valence-electron chi connectivity index (χ2n) is 9.53. The average molecular weight is 547 g/mol. The lowest BCUT2D eigenvalue weighted by Gasteiger charge is -2.09. The largest absolute Gasteiger partial charge is 0.497 e. The molecular formula is C31H35ClN4O3. The van der Waals surface area contributed by atoms with Crippen molar-refractivity contribution in [3.05, 3.63) is 94.4 Å². The number of rotatable bonds is 13. The van der Waals surface area contributed by atoms with Crippen molar-refractivity contribution in [3.8, 4) is 5.75 Å². The first-order valence-electron chi connectivity index (χ1n) is 13.3. The summed E-state index contributed by atoms with van der Waals surface area (Å²) in [6.07, 6.45) is 6.16. The van der Waals surface area contributed by atoms with Gasteiger partial charge in [0.15, 0.2) is 0 Å². The molecule has 2 aromatic carbocycles. The van der Waals surface area contributed by atoms with E-state index in [0.29, 0.717) is 22.9 Å². The Balaban J connectivity index is 1.31. The third kappa shape index (κ3) is 7.46. The van der Waals surface area contributed by atoms with Gasteiger partial charge in [-0.25, -0.2) is 0 Å². The summed E-state index contributed by atoms with van der Waals surface area (Å²) >= 11 is 6.01. The molecule has 39 heavy (non-hydrogen) atoms. The summed E-state index contributed by atoms with van der Waals surface area (Å²) < 4.78 is 7.09. The maximum Gasteiger partial charge on any atom is 0.262 e.